The second-order valence-electron chi connectivity index (χ2n) is 9.23. The first-order valence-electron chi connectivity index (χ1n) is 10.7. The summed E-state index contributed by atoms with van der Waals surface area (Å²) in [4.78, 5) is 37.7. The summed E-state index contributed by atoms with van der Waals surface area (Å²) in [7, 11) is 2.00. The zero-order valence-corrected chi connectivity index (χ0v) is 17.8. The predicted molar refractivity (Wildman–Crippen MR) is 103 cm³/mol. The monoisotopic (exact) mass is 449 g/mol. The minimum atomic E-state index is -5.08. The molecule has 2 saturated carbocycles. The van der Waals surface area contributed by atoms with Crippen LogP contribution in [0.5, 0.6) is 0 Å². The Kier molecular flexibility index (Phi) is 6.85. The molecule has 31 heavy (non-hydrogen) atoms. The van der Waals surface area contributed by atoms with Crippen LogP contribution in [0.1, 0.15) is 39.0 Å². The highest BCUT2D eigenvalue weighted by Crippen LogP contribution is 2.42. The molecular formula is C20H30F3N3O5. The number of nitrogens with one attached hydrogen (secondary N) is 1. The lowest BCUT2D eigenvalue weighted by atomic mass is 9.90. The molecule has 2 aliphatic heterocycles. The molecule has 0 aromatic carbocycles. The number of amides is 2. The van der Waals surface area contributed by atoms with E-state index in [2.05, 4.69) is 17.1 Å². The van der Waals surface area contributed by atoms with Crippen LogP contribution in [0.15, 0.2) is 0 Å². The van der Waals surface area contributed by atoms with Crippen LogP contribution in [-0.2, 0) is 19.1 Å². The molecular weight excluding hydrogens is 419 g/mol. The van der Waals surface area contributed by atoms with Crippen LogP contribution in [0.25, 0.3) is 0 Å². The quantitative estimate of drug-likeness (QED) is 0.673. The topological polar surface area (TPSA) is 99.2 Å². The third kappa shape index (κ3) is 5.68. The predicted octanol–water partition coefficient (Wildman–Crippen LogP) is 1.25. The molecule has 2 amide bonds. The van der Waals surface area contributed by atoms with Crippen molar-refractivity contribution in [2.24, 2.45) is 11.8 Å². The van der Waals surface area contributed by atoms with Crippen molar-refractivity contribution < 1.29 is 37.4 Å². The first kappa shape index (κ1) is 23.8. The van der Waals surface area contributed by atoms with Crippen LogP contribution in [0.4, 0.5) is 13.2 Å². The lowest BCUT2D eigenvalue weighted by Gasteiger charge is -2.55. The Morgan fingerprint density at radius 3 is 2.13 bits per heavy atom. The van der Waals surface area contributed by atoms with Crippen molar-refractivity contribution in [2.75, 3.05) is 33.3 Å². The van der Waals surface area contributed by atoms with E-state index >= 15 is 0 Å². The molecule has 4 fully saturated rings. The highest BCUT2D eigenvalue weighted by Gasteiger charge is 2.54. The van der Waals surface area contributed by atoms with Crippen molar-refractivity contribution in [1.29, 1.82) is 0 Å². The second kappa shape index (κ2) is 8.93. The largest absolute Gasteiger partial charge is 0.490 e. The van der Waals surface area contributed by atoms with Gasteiger partial charge in [0.15, 0.2) is 0 Å². The van der Waals surface area contributed by atoms with Crippen molar-refractivity contribution in [3.05, 3.63) is 0 Å². The van der Waals surface area contributed by atoms with Gasteiger partial charge < -0.3 is 20.1 Å². The minimum absolute atomic E-state index is 0.0957. The molecule has 0 aromatic rings. The Labute approximate surface area is 179 Å². The maximum absolute atomic E-state index is 12.5. The van der Waals surface area contributed by atoms with Crippen molar-refractivity contribution in [3.8, 4) is 0 Å². The van der Waals surface area contributed by atoms with E-state index in [0.717, 1.165) is 25.8 Å². The number of likely N-dealkylation sites (tertiary alicyclic amines) is 1. The van der Waals surface area contributed by atoms with Gasteiger partial charge in [0.1, 0.15) is 11.6 Å². The third-order valence-corrected chi connectivity index (χ3v) is 6.56. The van der Waals surface area contributed by atoms with Crippen molar-refractivity contribution in [1.82, 2.24) is 15.1 Å². The van der Waals surface area contributed by atoms with Gasteiger partial charge in [-0.3, -0.25) is 14.5 Å². The number of ether oxygens (including phenoxy) is 1. The number of rotatable bonds is 3. The average Bonchev–Trinajstić information content (AvgIpc) is 3.16. The number of carboxylic acid groups (broad SMARTS) is 1. The SMILES string of the molecule is CC1CC1C(=O)N1CC2(C1)CN(C)C(C(=O)NC1CCCC1)CO2.O=C(O)C(F)(F)F. The average molecular weight is 449 g/mol. The maximum atomic E-state index is 12.5. The number of aliphatic carboxylic acids is 1. The van der Waals surface area contributed by atoms with Gasteiger partial charge in [0.05, 0.1) is 19.7 Å². The number of nitrogens with zero attached hydrogens (tertiary/aromatic N) is 2. The molecule has 2 heterocycles. The summed E-state index contributed by atoms with van der Waals surface area (Å²) < 4.78 is 37.8. The van der Waals surface area contributed by atoms with Crippen molar-refractivity contribution >= 4 is 17.8 Å². The summed E-state index contributed by atoms with van der Waals surface area (Å²) >= 11 is 0. The maximum Gasteiger partial charge on any atom is 0.490 e. The van der Waals surface area contributed by atoms with Gasteiger partial charge in [0.25, 0.3) is 0 Å². The lowest BCUT2D eigenvalue weighted by Crippen LogP contribution is -2.73. The Morgan fingerprint density at radius 1 is 1.13 bits per heavy atom. The molecule has 3 unspecified atom stereocenters. The molecule has 2 aliphatic carbocycles. The second-order valence-corrected chi connectivity index (χ2v) is 9.23. The number of carbonyl (C=O) groups excluding carboxylic acids is 2. The number of halogens is 3. The lowest BCUT2D eigenvalue weighted by molar-refractivity contribution is -0.202. The highest BCUT2D eigenvalue weighted by molar-refractivity contribution is 5.83. The molecule has 1 spiro atoms. The van der Waals surface area contributed by atoms with E-state index in [4.69, 9.17) is 14.6 Å². The van der Waals surface area contributed by atoms with E-state index in [1.165, 1.54) is 12.8 Å². The summed E-state index contributed by atoms with van der Waals surface area (Å²) in [6.07, 6.45) is 0.586. The van der Waals surface area contributed by atoms with Crippen molar-refractivity contribution in [2.45, 2.75) is 62.9 Å². The Hall–Kier alpha value is -1.88. The normalized spacial score (nSPS) is 30.2. The third-order valence-electron chi connectivity index (χ3n) is 6.56. The zero-order chi connectivity index (χ0) is 23.0. The summed E-state index contributed by atoms with van der Waals surface area (Å²) in [5.41, 5.74) is -0.257. The Balaban J connectivity index is 0.000000339. The van der Waals surface area contributed by atoms with E-state index in [0.29, 0.717) is 37.6 Å². The molecule has 0 aromatic heterocycles. The fourth-order valence-corrected chi connectivity index (χ4v) is 4.53. The molecule has 2 N–H and O–H groups in total. The first-order valence-corrected chi connectivity index (χ1v) is 10.7. The van der Waals surface area contributed by atoms with Crippen LogP contribution in [0.2, 0.25) is 0 Å². The fourth-order valence-electron chi connectivity index (χ4n) is 4.53. The van der Waals surface area contributed by atoms with Crippen LogP contribution in [0.3, 0.4) is 0 Å². The number of morpholine rings is 1. The van der Waals surface area contributed by atoms with E-state index in [-0.39, 0.29) is 23.5 Å². The summed E-state index contributed by atoms with van der Waals surface area (Å²) in [5.74, 6) is -1.58. The van der Waals surface area contributed by atoms with Crippen LogP contribution in [-0.4, -0.2) is 89.8 Å². The van der Waals surface area contributed by atoms with Crippen LogP contribution >= 0.6 is 0 Å². The van der Waals surface area contributed by atoms with Gasteiger partial charge in [0, 0.05) is 18.5 Å². The fraction of sp³-hybridized carbons (Fsp3) is 0.850. The van der Waals surface area contributed by atoms with Crippen LogP contribution < -0.4 is 5.32 Å². The number of hydrogen-bond donors (Lipinski definition) is 2. The molecule has 4 rings (SSSR count). The Morgan fingerprint density at radius 2 is 1.68 bits per heavy atom. The number of likely N-dealkylation sites (N-methyl/N-ethyl adjacent to an activating group) is 1. The van der Waals surface area contributed by atoms with Gasteiger partial charge in [-0.15, -0.1) is 0 Å². The standard InChI is InChI=1S/C18H29N3O3.C2HF3O2/c1-12-7-14(12)17(23)21-10-18(11-21)9-20(2)15(8-24-18)16(22)19-13-5-3-4-6-13;3-2(4,5)1(6)7/h12-15H,3-11H2,1-2H3,(H,19,22);(H,6,7). The van der Waals surface area contributed by atoms with Gasteiger partial charge in [0.2, 0.25) is 11.8 Å². The number of carbonyl (C=O) groups is 3. The summed E-state index contributed by atoms with van der Waals surface area (Å²) in [6.45, 7) is 4.64. The first-order chi connectivity index (χ1) is 14.4. The van der Waals surface area contributed by atoms with Crippen molar-refractivity contribution in [3.63, 3.8) is 0 Å². The number of alkyl halides is 3. The molecule has 2 saturated heterocycles. The van der Waals surface area contributed by atoms with Crippen LogP contribution in [0, 0.1) is 11.8 Å². The van der Waals surface area contributed by atoms with Gasteiger partial charge in [-0.05, 0) is 32.2 Å². The van der Waals surface area contributed by atoms with E-state index in [1.54, 1.807) is 0 Å². The molecule has 0 radical (unpaired) electrons. The van der Waals surface area contributed by atoms with Gasteiger partial charge >= 0.3 is 12.1 Å². The molecule has 11 heteroatoms. The number of hydrogen-bond acceptors (Lipinski definition) is 5. The summed E-state index contributed by atoms with van der Waals surface area (Å²) in [6, 6.07) is 0.142. The number of carboxylic acids is 1. The minimum Gasteiger partial charge on any atom is -0.475 e. The molecule has 3 atom stereocenters. The highest BCUT2D eigenvalue weighted by atomic mass is 19.4. The zero-order valence-electron chi connectivity index (χ0n) is 17.8. The molecule has 176 valence electrons. The molecule has 8 nitrogen and oxygen atoms in total. The van der Waals surface area contributed by atoms with Gasteiger partial charge in [-0.2, -0.15) is 13.2 Å². The Bertz CT molecular complexity index is 705. The van der Waals surface area contributed by atoms with Gasteiger partial charge in [-0.1, -0.05) is 19.8 Å². The molecule has 0 bridgehead atoms. The van der Waals surface area contributed by atoms with E-state index in [1.807, 2.05) is 11.9 Å². The smallest absolute Gasteiger partial charge is 0.475 e. The van der Waals surface area contributed by atoms with E-state index in [9.17, 15) is 22.8 Å². The van der Waals surface area contributed by atoms with E-state index < -0.39 is 12.1 Å². The van der Waals surface area contributed by atoms with Gasteiger partial charge in [-0.25, -0.2) is 4.79 Å². The molecule has 4 aliphatic rings. The summed E-state index contributed by atoms with van der Waals surface area (Å²) in [5, 5.41) is 10.3.